The van der Waals surface area contributed by atoms with E-state index in [1.165, 1.54) is 4.88 Å². The molecule has 1 fully saturated rings. The first-order valence-electron chi connectivity index (χ1n) is 3.78. The molecule has 0 radical (unpaired) electrons. The number of rotatable bonds is 2. The van der Waals surface area contributed by atoms with Crippen LogP contribution in [0.15, 0.2) is 17.5 Å². The number of hydrogen-bond acceptors (Lipinski definition) is 2. The van der Waals surface area contributed by atoms with Crippen molar-refractivity contribution in [2.24, 2.45) is 5.41 Å². The topological polar surface area (TPSA) is 23.8 Å². The highest BCUT2D eigenvalue weighted by Gasteiger charge is 2.43. The fourth-order valence-electron chi connectivity index (χ4n) is 1.23. The van der Waals surface area contributed by atoms with Crippen LogP contribution in [-0.2, 0) is 6.42 Å². The first kappa shape index (κ1) is 6.87. The molecule has 1 nitrogen and oxygen atoms in total. The third-order valence-electron chi connectivity index (χ3n) is 2.18. The lowest BCUT2D eigenvalue weighted by Gasteiger charge is -2.00. The van der Waals surface area contributed by atoms with Gasteiger partial charge >= 0.3 is 0 Å². The molecule has 0 N–H and O–H groups in total. The summed E-state index contributed by atoms with van der Waals surface area (Å²) in [5.41, 5.74) is 0.0326. The molecule has 0 spiro atoms. The van der Waals surface area contributed by atoms with Gasteiger partial charge in [0.2, 0.25) is 0 Å². The molecular weight excluding hydrogens is 154 g/mol. The monoisotopic (exact) mass is 163 g/mol. The van der Waals surface area contributed by atoms with E-state index in [0.717, 1.165) is 19.3 Å². The van der Waals surface area contributed by atoms with Crippen LogP contribution < -0.4 is 0 Å². The van der Waals surface area contributed by atoms with Crippen molar-refractivity contribution in [2.75, 3.05) is 0 Å². The van der Waals surface area contributed by atoms with Gasteiger partial charge in [-0.1, -0.05) is 6.07 Å². The van der Waals surface area contributed by atoms with Gasteiger partial charge < -0.3 is 0 Å². The van der Waals surface area contributed by atoms with Crippen molar-refractivity contribution < 1.29 is 0 Å². The summed E-state index contributed by atoms with van der Waals surface area (Å²) in [5.74, 6) is 0. The number of hydrogen-bond donors (Lipinski definition) is 0. The predicted octanol–water partition coefficient (Wildman–Crippen LogP) is 2.59. The molecular formula is C9H9NS. The Morgan fingerprint density at radius 2 is 2.45 bits per heavy atom. The van der Waals surface area contributed by atoms with E-state index in [2.05, 4.69) is 17.5 Å². The Bertz CT molecular complexity index is 277. The van der Waals surface area contributed by atoms with E-state index in [0.29, 0.717) is 0 Å². The molecule has 1 heterocycles. The largest absolute Gasteiger partial charge is 0.198 e. The Morgan fingerprint density at radius 3 is 2.91 bits per heavy atom. The van der Waals surface area contributed by atoms with E-state index in [1.807, 2.05) is 6.07 Å². The van der Waals surface area contributed by atoms with Crippen LogP contribution in [0.2, 0.25) is 0 Å². The van der Waals surface area contributed by atoms with Crippen LogP contribution in [0.4, 0.5) is 0 Å². The van der Waals surface area contributed by atoms with Crippen molar-refractivity contribution in [3.05, 3.63) is 22.4 Å². The highest BCUT2D eigenvalue weighted by Crippen LogP contribution is 2.48. The van der Waals surface area contributed by atoms with Crippen LogP contribution in [0.3, 0.4) is 0 Å². The summed E-state index contributed by atoms with van der Waals surface area (Å²) in [5, 5.41) is 10.9. The van der Waals surface area contributed by atoms with E-state index < -0.39 is 0 Å². The fraction of sp³-hybridized carbons (Fsp3) is 0.444. The quantitative estimate of drug-likeness (QED) is 0.657. The smallest absolute Gasteiger partial charge is 0.0693 e. The second-order valence-electron chi connectivity index (χ2n) is 3.15. The lowest BCUT2D eigenvalue weighted by atomic mass is 10.0. The lowest BCUT2D eigenvalue weighted by molar-refractivity contribution is 0.673. The highest BCUT2D eigenvalue weighted by molar-refractivity contribution is 7.09. The molecule has 2 rings (SSSR count). The van der Waals surface area contributed by atoms with Gasteiger partial charge in [0.15, 0.2) is 0 Å². The van der Waals surface area contributed by atoms with Crippen molar-refractivity contribution >= 4 is 11.3 Å². The third-order valence-corrected chi connectivity index (χ3v) is 3.06. The standard InChI is InChI=1S/C9H9NS/c10-7-9(3-4-9)6-8-2-1-5-11-8/h1-2,5H,3-4,6H2. The molecule has 0 aliphatic heterocycles. The average molecular weight is 163 g/mol. The van der Waals surface area contributed by atoms with Gasteiger partial charge in [-0.05, 0) is 24.3 Å². The molecule has 0 atom stereocenters. The highest BCUT2D eigenvalue weighted by atomic mass is 32.1. The summed E-state index contributed by atoms with van der Waals surface area (Å²) in [6, 6.07) is 6.56. The SMILES string of the molecule is N#CC1(Cc2cccs2)CC1. The van der Waals surface area contributed by atoms with Crippen LogP contribution in [0.25, 0.3) is 0 Å². The Labute approximate surface area is 70.3 Å². The van der Waals surface area contributed by atoms with E-state index in [1.54, 1.807) is 11.3 Å². The first-order chi connectivity index (χ1) is 5.35. The number of nitrogens with zero attached hydrogens (tertiary/aromatic N) is 1. The van der Waals surface area contributed by atoms with Crippen LogP contribution in [-0.4, -0.2) is 0 Å². The molecule has 0 bridgehead atoms. The summed E-state index contributed by atoms with van der Waals surface area (Å²) in [6.45, 7) is 0. The molecule has 1 aliphatic carbocycles. The molecule has 2 heteroatoms. The predicted molar refractivity (Wildman–Crippen MR) is 45.3 cm³/mol. The number of thiophene rings is 1. The Hall–Kier alpha value is -0.810. The molecule has 1 aromatic rings. The fourth-order valence-corrected chi connectivity index (χ4v) is 2.07. The summed E-state index contributed by atoms with van der Waals surface area (Å²) in [7, 11) is 0. The van der Waals surface area contributed by atoms with Crippen LogP contribution in [0, 0.1) is 16.7 Å². The van der Waals surface area contributed by atoms with Gasteiger partial charge in [-0.3, -0.25) is 0 Å². The molecule has 1 aliphatic rings. The zero-order chi connectivity index (χ0) is 7.73. The molecule has 0 amide bonds. The molecule has 0 saturated heterocycles. The minimum atomic E-state index is 0.0326. The Kier molecular flexibility index (Phi) is 1.47. The number of nitriles is 1. The average Bonchev–Trinajstić information content (AvgIpc) is 2.59. The van der Waals surface area contributed by atoms with Crippen LogP contribution in [0.1, 0.15) is 17.7 Å². The van der Waals surface area contributed by atoms with Crippen molar-refractivity contribution in [3.63, 3.8) is 0 Å². The Balaban J connectivity index is 2.08. The Morgan fingerprint density at radius 1 is 1.64 bits per heavy atom. The second kappa shape index (κ2) is 2.35. The zero-order valence-electron chi connectivity index (χ0n) is 6.21. The van der Waals surface area contributed by atoms with E-state index in [-0.39, 0.29) is 5.41 Å². The second-order valence-corrected chi connectivity index (χ2v) is 4.18. The molecule has 56 valence electrons. The summed E-state index contributed by atoms with van der Waals surface area (Å²) in [4.78, 5) is 1.35. The van der Waals surface area contributed by atoms with Crippen LogP contribution in [0.5, 0.6) is 0 Å². The lowest BCUT2D eigenvalue weighted by Crippen LogP contribution is -1.98. The summed E-state index contributed by atoms with van der Waals surface area (Å²) >= 11 is 1.75. The van der Waals surface area contributed by atoms with Gasteiger partial charge in [-0.25, -0.2) is 0 Å². The van der Waals surface area contributed by atoms with Gasteiger partial charge in [0.25, 0.3) is 0 Å². The minimum Gasteiger partial charge on any atom is -0.198 e. The maximum absolute atomic E-state index is 8.81. The first-order valence-corrected chi connectivity index (χ1v) is 4.66. The normalized spacial score (nSPS) is 19.2. The third kappa shape index (κ3) is 1.29. The van der Waals surface area contributed by atoms with Gasteiger partial charge in [0.1, 0.15) is 0 Å². The molecule has 1 saturated carbocycles. The van der Waals surface area contributed by atoms with Gasteiger partial charge in [0, 0.05) is 11.3 Å². The van der Waals surface area contributed by atoms with Crippen LogP contribution >= 0.6 is 11.3 Å². The molecule has 0 aromatic carbocycles. The maximum Gasteiger partial charge on any atom is 0.0693 e. The minimum absolute atomic E-state index is 0.0326. The zero-order valence-corrected chi connectivity index (χ0v) is 7.03. The van der Waals surface area contributed by atoms with E-state index in [9.17, 15) is 0 Å². The molecule has 1 aromatic heterocycles. The van der Waals surface area contributed by atoms with Gasteiger partial charge in [-0.2, -0.15) is 5.26 Å². The van der Waals surface area contributed by atoms with Gasteiger partial charge in [0.05, 0.1) is 11.5 Å². The van der Waals surface area contributed by atoms with Crippen molar-refractivity contribution in [1.29, 1.82) is 5.26 Å². The van der Waals surface area contributed by atoms with Crippen molar-refractivity contribution in [2.45, 2.75) is 19.3 Å². The van der Waals surface area contributed by atoms with E-state index in [4.69, 9.17) is 5.26 Å². The molecule has 0 unspecified atom stereocenters. The van der Waals surface area contributed by atoms with Crippen molar-refractivity contribution in [1.82, 2.24) is 0 Å². The summed E-state index contributed by atoms with van der Waals surface area (Å²) < 4.78 is 0. The summed E-state index contributed by atoms with van der Waals surface area (Å²) in [6.07, 6.45) is 3.17. The molecule has 11 heavy (non-hydrogen) atoms. The van der Waals surface area contributed by atoms with Crippen molar-refractivity contribution in [3.8, 4) is 6.07 Å². The van der Waals surface area contributed by atoms with Gasteiger partial charge in [-0.15, -0.1) is 11.3 Å². The maximum atomic E-state index is 8.81. The van der Waals surface area contributed by atoms with E-state index >= 15 is 0 Å².